The van der Waals surface area contributed by atoms with Crippen LogP contribution in [-0.4, -0.2) is 16.0 Å². The van der Waals surface area contributed by atoms with Crippen molar-refractivity contribution in [2.24, 2.45) is 5.73 Å². The molecule has 1 heterocycles. The molecule has 0 radical (unpaired) electrons. The van der Waals surface area contributed by atoms with Gasteiger partial charge < -0.3 is 16.2 Å². The summed E-state index contributed by atoms with van der Waals surface area (Å²) >= 11 is 0. The van der Waals surface area contributed by atoms with Crippen LogP contribution in [0.4, 0.5) is 10.1 Å². The highest BCUT2D eigenvalue weighted by Crippen LogP contribution is 2.33. The molecule has 0 spiro atoms. The number of primary amides is 1. The minimum atomic E-state index is -0.564. The van der Waals surface area contributed by atoms with Crippen LogP contribution in [0.25, 0.3) is 10.9 Å². The van der Waals surface area contributed by atoms with E-state index in [1.165, 1.54) is 18.3 Å². The van der Waals surface area contributed by atoms with Gasteiger partial charge in [-0.25, -0.2) is 4.39 Å². The zero-order valence-electron chi connectivity index (χ0n) is 15.1. The first-order chi connectivity index (χ1) is 13.0. The van der Waals surface area contributed by atoms with Crippen LogP contribution >= 0.6 is 0 Å². The number of amides is 1. The first-order valence-corrected chi connectivity index (χ1v) is 8.88. The fourth-order valence-corrected chi connectivity index (χ4v) is 3.26. The molecule has 3 aromatic rings. The Morgan fingerprint density at radius 3 is 2.74 bits per heavy atom. The molecule has 140 valence electrons. The summed E-state index contributed by atoms with van der Waals surface area (Å²) in [4.78, 5) is 16.0. The number of fused-ring (bicyclic) bond motifs is 1. The van der Waals surface area contributed by atoms with Gasteiger partial charge >= 0.3 is 0 Å². The zero-order valence-corrected chi connectivity index (χ0v) is 15.1. The Hall–Kier alpha value is -2.99. The van der Waals surface area contributed by atoms with Crippen LogP contribution in [0.15, 0.2) is 48.7 Å². The molecule has 0 saturated carbocycles. The van der Waals surface area contributed by atoms with Crippen molar-refractivity contribution in [1.82, 2.24) is 4.98 Å². The van der Waals surface area contributed by atoms with Gasteiger partial charge in [-0.2, -0.15) is 0 Å². The summed E-state index contributed by atoms with van der Waals surface area (Å²) in [6, 6.07) is 11.5. The van der Waals surface area contributed by atoms with Crippen LogP contribution in [0.5, 0.6) is 0 Å². The number of aliphatic hydroxyl groups excluding tert-OH is 1. The van der Waals surface area contributed by atoms with Gasteiger partial charge in [0.05, 0.1) is 29.4 Å². The van der Waals surface area contributed by atoms with Crippen molar-refractivity contribution in [3.63, 3.8) is 0 Å². The standard InChI is InChI=1S/C21H22FN3O2/c1-2-5-18(13-6-3-7-15(22)10-13)25-19-14(12-26)11-24-20-16(19)8-4-9-17(20)21(23)27/h3-4,6-11,18,26H,2,5,12H2,1H3,(H2,23,27)(H,24,25)/t18-/m1/s1. The predicted molar refractivity (Wildman–Crippen MR) is 104 cm³/mol. The third kappa shape index (κ3) is 3.90. The van der Waals surface area contributed by atoms with E-state index >= 15 is 0 Å². The fourth-order valence-electron chi connectivity index (χ4n) is 3.26. The fraction of sp³-hybridized carbons (Fsp3) is 0.238. The summed E-state index contributed by atoms with van der Waals surface area (Å²) in [6.45, 7) is 1.84. The maximum absolute atomic E-state index is 13.7. The first-order valence-electron chi connectivity index (χ1n) is 8.88. The number of anilines is 1. The molecule has 6 heteroatoms. The molecule has 1 amide bonds. The molecule has 0 aliphatic carbocycles. The normalized spacial score (nSPS) is 12.1. The van der Waals surface area contributed by atoms with Gasteiger partial charge in [0.2, 0.25) is 0 Å². The van der Waals surface area contributed by atoms with Gasteiger partial charge in [-0.3, -0.25) is 9.78 Å². The number of aromatic nitrogens is 1. The van der Waals surface area contributed by atoms with Gasteiger partial charge in [-0.05, 0) is 30.2 Å². The number of nitrogens with zero attached hydrogens (tertiary/aromatic N) is 1. The summed E-state index contributed by atoms with van der Waals surface area (Å²) in [7, 11) is 0. The van der Waals surface area contributed by atoms with E-state index in [2.05, 4.69) is 17.2 Å². The number of carbonyl (C=O) groups excluding carboxylic acids is 1. The van der Waals surface area contributed by atoms with Crippen molar-refractivity contribution in [2.45, 2.75) is 32.4 Å². The van der Waals surface area contributed by atoms with Crippen LogP contribution in [0, 0.1) is 5.82 Å². The summed E-state index contributed by atoms with van der Waals surface area (Å²) < 4.78 is 13.7. The average Bonchev–Trinajstić information content (AvgIpc) is 2.67. The van der Waals surface area contributed by atoms with Crippen LogP contribution in [0.1, 0.15) is 47.3 Å². The summed E-state index contributed by atoms with van der Waals surface area (Å²) in [5.41, 5.74) is 8.35. The van der Waals surface area contributed by atoms with Gasteiger partial charge in [0.25, 0.3) is 5.91 Å². The van der Waals surface area contributed by atoms with Crippen LogP contribution < -0.4 is 11.1 Å². The van der Waals surface area contributed by atoms with E-state index < -0.39 is 5.91 Å². The Kier molecular flexibility index (Phi) is 5.66. The van der Waals surface area contributed by atoms with Gasteiger partial charge in [-0.15, -0.1) is 0 Å². The molecule has 0 fully saturated rings. The van der Waals surface area contributed by atoms with Crippen LogP contribution in [0.2, 0.25) is 0 Å². The number of hydrogen-bond acceptors (Lipinski definition) is 4. The van der Waals surface area contributed by atoms with Crippen LogP contribution in [-0.2, 0) is 6.61 Å². The minimum absolute atomic E-state index is 0.154. The molecule has 2 aromatic carbocycles. The van der Waals surface area contributed by atoms with E-state index in [1.54, 1.807) is 18.2 Å². The molecule has 5 nitrogen and oxygen atoms in total. The maximum Gasteiger partial charge on any atom is 0.250 e. The summed E-state index contributed by atoms with van der Waals surface area (Å²) in [5, 5.41) is 13.9. The molecular weight excluding hydrogens is 345 g/mol. The SMILES string of the molecule is CCC[C@@H](Nc1c(CO)cnc2c(C(N)=O)cccc12)c1cccc(F)c1. The van der Waals surface area contributed by atoms with E-state index in [9.17, 15) is 14.3 Å². The second-order valence-corrected chi connectivity index (χ2v) is 6.42. The summed E-state index contributed by atoms with van der Waals surface area (Å²) in [6.07, 6.45) is 3.19. The quantitative estimate of drug-likeness (QED) is 0.591. The second-order valence-electron chi connectivity index (χ2n) is 6.42. The van der Waals surface area contributed by atoms with Gasteiger partial charge in [0.15, 0.2) is 0 Å². The number of nitrogens with one attached hydrogen (secondary N) is 1. The van der Waals surface area contributed by atoms with Crippen molar-refractivity contribution in [2.75, 3.05) is 5.32 Å². The van der Waals surface area contributed by atoms with Crippen molar-refractivity contribution >= 4 is 22.5 Å². The lowest BCUT2D eigenvalue weighted by molar-refractivity contribution is 0.100. The lowest BCUT2D eigenvalue weighted by Crippen LogP contribution is -2.15. The van der Waals surface area contributed by atoms with Gasteiger partial charge in [0, 0.05) is 17.1 Å². The van der Waals surface area contributed by atoms with E-state index in [1.807, 2.05) is 12.1 Å². The molecule has 0 unspecified atom stereocenters. The number of aliphatic hydroxyl groups is 1. The number of halogens is 1. The summed E-state index contributed by atoms with van der Waals surface area (Å²) in [5.74, 6) is -0.862. The average molecular weight is 367 g/mol. The molecule has 0 aliphatic heterocycles. The topological polar surface area (TPSA) is 88.2 Å². The number of benzene rings is 2. The van der Waals surface area contributed by atoms with Gasteiger partial charge in [0.1, 0.15) is 5.82 Å². The van der Waals surface area contributed by atoms with Crippen LogP contribution in [0.3, 0.4) is 0 Å². The second kappa shape index (κ2) is 8.14. The minimum Gasteiger partial charge on any atom is -0.392 e. The monoisotopic (exact) mass is 367 g/mol. The molecule has 0 bridgehead atoms. The van der Waals surface area contributed by atoms with Crippen molar-refractivity contribution in [3.8, 4) is 0 Å². The molecule has 1 atom stereocenters. The van der Waals surface area contributed by atoms with Crippen molar-refractivity contribution < 1.29 is 14.3 Å². The smallest absolute Gasteiger partial charge is 0.250 e. The van der Waals surface area contributed by atoms with Crippen molar-refractivity contribution in [1.29, 1.82) is 0 Å². The van der Waals surface area contributed by atoms with E-state index in [0.717, 1.165) is 18.4 Å². The largest absolute Gasteiger partial charge is 0.392 e. The Bertz CT molecular complexity index is 975. The molecule has 4 N–H and O–H groups in total. The van der Waals surface area contributed by atoms with E-state index in [4.69, 9.17) is 5.73 Å². The Morgan fingerprint density at radius 2 is 2.07 bits per heavy atom. The first kappa shape index (κ1) is 18.8. The number of pyridine rings is 1. The highest BCUT2D eigenvalue weighted by Gasteiger charge is 2.18. The Morgan fingerprint density at radius 1 is 1.30 bits per heavy atom. The molecule has 0 saturated heterocycles. The Labute approximate surface area is 157 Å². The number of nitrogens with two attached hydrogens (primary N) is 1. The van der Waals surface area contributed by atoms with Crippen molar-refractivity contribution in [3.05, 3.63) is 71.2 Å². The van der Waals surface area contributed by atoms with E-state index in [-0.39, 0.29) is 18.5 Å². The molecule has 0 aliphatic rings. The number of rotatable bonds is 7. The molecule has 3 rings (SSSR count). The third-order valence-electron chi connectivity index (χ3n) is 4.56. The molecule has 1 aromatic heterocycles. The highest BCUT2D eigenvalue weighted by atomic mass is 19.1. The maximum atomic E-state index is 13.7. The number of carbonyl (C=O) groups is 1. The molecular formula is C21H22FN3O2. The molecule has 27 heavy (non-hydrogen) atoms. The Balaban J connectivity index is 2.13. The number of hydrogen-bond donors (Lipinski definition) is 3. The number of para-hydroxylation sites is 1. The predicted octanol–water partition coefficient (Wildman–Crippen LogP) is 3.92. The highest BCUT2D eigenvalue weighted by molar-refractivity contribution is 6.08. The van der Waals surface area contributed by atoms with E-state index in [0.29, 0.717) is 27.7 Å². The van der Waals surface area contributed by atoms with Gasteiger partial charge in [-0.1, -0.05) is 37.6 Å². The zero-order chi connectivity index (χ0) is 19.4. The third-order valence-corrected chi connectivity index (χ3v) is 4.56. The lowest BCUT2D eigenvalue weighted by Gasteiger charge is -2.23. The lowest BCUT2D eigenvalue weighted by atomic mass is 9.99.